The smallest absolute Gasteiger partial charge is 0.243 e. The molecule has 0 radical (unpaired) electrons. The molecule has 0 saturated heterocycles. The molecule has 5 nitrogen and oxygen atoms in total. The third-order valence-electron chi connectivity index (χ3n) is 3.56. The van der Waals surface area contributed by atoms with Crippen LogP contribution in [0.25, 0.3) is 0 Å². The molecule has 1 heterocycles. The molecule has 1 aliphatic rings. The van der Waals surface area contributed by atoms with Crippen LogP contribution in [0.5, 0.6) is 0 Å². The number of hydrogen-bond donors (Lipinski definition) is 1. The fraction of sp³-hybridized carbons (Fsp3) is 0.846. The number of aromatic nitrogens is 2. The SMILES string of the molecule is CCNC(C)c1nc(C2(OCC)CCCC2)no1. The quantitative estimate of drug-likeness (QED) is 0.844. The van der Waals surface area contributed by atoms with Crippen molar-refractivity contribution in [1.29, 1.82) is 0 Å². The molecule has 1 N–H and O–H groups in total. The predicted octanol–water partition coefficient (Wildman–Crippen LogP) is 2.55. The summed E-state index contributed by atoms with van der Waals surface area (Å²) in [6, 6.07) is 0.0938. The molecule has 1 fully saturated rings. The van der Waals surface area contributed by atoms with Crippen molar-refractivity contribution in [3.8, 4) is 0 Å². The minimum atomic E-state index is -0.303. The summed E-state index contributed by atoms with van der Waals surface area (Å²) in [5.74, 6) is 1.37. The zero-order valence-corrected chi connectivity index (χ0v) is 11.5. The standard InChI is InChI=1S/C13H23N3O2/c1-4-14-10(3)11-15-12(16-18-11)13(17-5-2)8-6-7-9-13/h10,14H,4-9H2,1-3H3. The van der Waals surface area contributed by atoms with Crippen LogP contribution in [-0.2, 0) is 10.3 Å². The molecule has 1 unspecified atom stereocenters. The van der Waals surface area contributed by atoms with Gasteiger partial charge in [0.05, 0.1) is 6.04 Å². The first kappa shape index (κ1) is 13.5. The third-order valence-corrected chi connectivity index (χ3v) is 3.56. The number of nitrogens with zero attached hydrogens (tertiary/aromatic N) is 2. The van der Waals surface area contributed by atoms with Crippen molar-refractivity contribution in [2.75, 3.05) is 13.2 Å². The molecule has 1 aliphatic carbocycles. The van der Waals surface area contributed by atoms with Gasteiger partial charge in [-0.1, -0.05) is 12.1 Å². The Morgan fingerprint density at radius 2 is 2.11 bits per heavy atom. The fourth-order valence-corrected chi connectivity index (χ4v) is 2.64. The molecule has 2 rings (SSSR count). The van der Waals surface area contributed by atoms with Gasteiger partial charge in [0, 0.05) is 6.61 Å². The van der Waals surface area contributed by atoms with Gasteiger partial charge in [-0.05, 0) is 46.1 Å². The molecule has 0 aromatic carbocycles. The molecular weight excluding hydrogens is 230 g/mol. The van der Waals surface area contributed by atoms with E-state index in [9.17, 15) is 0 Å². The van der Waals surface area contributed by atoms with E-state index in [4.69, 9.17) is 9.26 Å². The van der Waals surface area contributed by atoms with Gasteiger partial charge in [-0.2, -0.15) is 4.98 Å². The van der Waals surface area contributed by atoms with Crippen LogP contribution in [-0.4, -0.2) is 23.3 Å². The van der Waals surface area contributed by atoms with Crippen molar-refractivity contribution < 1.29 is 9.26 Å². The molecule has 1 saturated carbocycles. The lowest BCUT2D eigenvalue weighted by molar-refractivity contribution is -0.0469. The van der Waals surface area contributed by atoms with E-state index in [-0.39, 0.29) is 11.6 Å². The van der Waals surface area contributed by atoms with Crippen LogP contribution < -0.4 is 5.32 Å². The molecule has 0 amide bonds. The Morgan fingerprint density at radius 3 is 2.72 bits per heavy atom. The summed E-state index contributed by atoms with van der Waals surface area (Å²) >= 11 is 0. The highest BCUT2D eigenvalue weighted by Gasteiger charge is 2.41. The van der Waals surface area contributed by atoms with E-state index in [2.05, 4.69) is 22.4 Å². The van der Waals surface area contributed by atoms with Crippen molar-refractivity contribution >= 4 is 0 Å². The summed E-state index contributed by atoms with van der Waals surface area (Å²) < 4.78 is 11.3. The Balaban J connectivity index is 2.16. The largest absolute Gasteiger partial charge is 0.367 e. The lowest BCUT2D eigenvalue weighted by atomic mass is 10.0. The van der Waals surface area contributed by atoms with Crippen LogP contribution in [0.1, 0.15) is 64.2 Å². The van der Waals surface area contributed by atoms with Crippen molar-refractivity contribution in [2.45, 2.75) is 58.1 Å². The Hall–Kier alpha value is -0.940. The van der Waals surface area contributed by atoms with E-state index in [1.165, 1.54) is 12.8 Å². The Labute approximate surface area is 108 Å². The summed E-state index contributed by atoms with van der Waals surface area (Å²) in [5.41, 5.74) is -0.303. The van der Waals surface area contributed by atoms with E-state index >= 15 is 0 Å². The van der Waals surface area contributed by atoms with Crippen LogP contribution in [0.4, 0.5) is 0 Å². The molecule has 18 heavy (non-hydrogen) atoms. The van der Waals surface area contributed by atoms with Crippen LogP contribution in [0.15, 0.2) is 4.52 Å². The minimum Gasteiger partial charge on any atom is -0.367 e. The highest BCUT2D eigenvalue weighted by Crippen LogP contribution is 2.40. The number of hydrogen-bond acceptors (Lipinski definition) is 5. The normalized spacial score (nSPS) is 20.2. The molecule has 0 spiro atoms. The van der Waals surface area contributed by atoms with Gasteiger partial charge < -0.3 is 14.6 Å². The molecule has 0 aliphatic heterocycles. The first-order chi connectivity index (χ1) is 8.72. The van der Waals surface area contributed by atoms with E-state index in [0.717, 1.165) is 25.2 Å². The van der Waals surface area contributed by atoms with Crippen molar-refractivity contribution in [1.82, 2.24) is 15.5 Å². The van der Waals surface area contributed by atoms with Crippen molar-refractivity contribution in [3.05, 3.63) is 11.7 Å². The van der Waals surface area contributed by atoms with Gasteiger partial charge in [0.2, 0.25) is 11.7 Å². The van der Waals surface area contributed by atoms with Gasteiger partial charge >= 0.3 is 0 Å². The van der Waals surface area contributed by atoms with Gasteiger partial charge in [-0.15, -0.1) is 0 Å². The summed E-state index contributed by atoms with van der Waals surface area (Å²) in [7, 11) is 0. The molecule has 102 valence electrons. The highest BCUT2D eigenvalue weighted by molar-refractivity contribution is 5.05. The number of nitrogens with one attached hydrogen (secondary N) is 1. The van der Waals surface area contributed by atoms with Gasteiger partial charge in [-0.25, -0.2) is 0 Å². The topological polar surface area (TPSA) is 60.2 Å². The van der Waals surface area contributed by atoms with Crippen molar-refractivity contribution in [3.63, 3.8) is 0 Å². The molecule has 5 heteroatoms. The second-order valence-electron chi connectivity index (χ2n) is 4.87. The lowest BCUT2D eigenvalue weighted by Gasteiger charge is -2.24. The van der Waals surface area contributed by atoms with Gasteiger partial charge in [-0.3, -0.25) is 0 Å². The Kier molecular flexibility index (Phi) is 4.35. The Bertz CT molecular complexity index is 372. The van der Waals surface area contributed by atoms with E-state index in [0.29, 0.717) is 12.5 Å². The molecule has 1 atom stereocenters. The fourth-order valence-electron chi connectivity index (χ4n) is 2.64. The van der Waals surface area contributed by atoms with E-state index < -0.39 is 0 Å². The van der Waals surface area contributed by atoms with Crippen LogP contribution in [0, 0.1) is 0 Å². The maximum absolute atomic E-state index is 5.92. The minimum absolute atomic E-state index is 0.0938. The summed E-state index contributed by atoms with van der Waals surface area (Å²) in [5, 5.41) is 7.41. The van der Waals surface area contributed by atoms with Crippen molar-refractivity contribution in [2.24, 2.45) is 0 Å². The summed E-state index contributed by atoms with van der Waals surface area (Å²) in [4.78, 5) is 4.54. The first-order valence-electron chi connectivity index (χ1n) is 6.93. The van der Waals surface area contributed by atoms with Gasteiger partial charge in [0.15, 0.2) is 0 Å². The second kappa shape index (κ2) is 5.80. The second-order valence-corrected chi connectivity index (χ2v) is 4.87. The molecular formula is C13H23N3O2. The number of ether oxygens (including phenoxy) is 1. The van der Waals surface area contributed by atoms with Crippen LogP contribution in [0.2, 0.25) is 0 Å². The van der Waals surface area contributed by atoms with Gasteiger partial charge in [0.25, 0.3) is 0 Å². The monoisotopic (exact) mass is 253 g/mol. The predicted molar refractivity (Wildman–Crippen MR) is 68.2 cm³/mol. The van der Waals surface area contributed by atoms with Crippen LogP contribution in [0.3, 0.4) is 0 Å². The van der Waals surface area contributed by atoms with Gasteiger partial charge in [0.1, 0.15) is 5.60 Å². The first-order valence-corrected chi connectivity index (χ1v) is 6.93. The lowest BCUT2D eigenvalue weighted by Crippen LogP contribution is -2.28. The zero-order valence-electron chi connectivity index (χ0n) is 11.5. The number of rotatable bonds is 6. The molecule has 1 aromatic heterocycles. The van der Waals surface area contributed by atoms with Crippen LogP contribution >= 0.6 is 0 Å². The Morgan fingerprint density at radius 1 is 1.39 bits per heavy atom. The van der Waals surface area contributed by atoms with E-state index in [1.807, 2.05) is 13.8 Å². The third kappa shape index (κ3) is 2.57. The highest BCUT2D eigenvalue weighted by atomic mass is 16.5. The zero-order chi connectivity index (χ0) is 13.0. The maximum Gasteiger partial charge on any atom is 0.243 e. The summed E-state index contributed by atoms with van der Waals surface area (Å²) in [6.07, 6.45) is 4.34. The average molecular weight is 253 g/mol. The van der Waals surface area contributed by atoms with E-state index in [1.54, 1.807) is 0 Å². The molecule has 1 aromatic rings. The summed E-state index contributed by atoms with van der Waals surface area (Å²) in [6.45, 7) is 7.68. The maximum atomic E-state index is 5.92. The average Bonchev–Trinajstić information content (AvgIpc) is 2.98. The molecule has 0 bridgehead atoms.